The lowest BCUT2D eigenvalue weighted by atomic mass is 10.0. The Bertz CT molecular complexity index is 1120. The number of allylic oxidation sites excluding steroid dienone is 9. The number of nitrogens with one attached hydrogen (secondary N) is 1. The van der Waals surface area contributed by atoms with Crippen LogP contribution in [-0.2, 0) is 4.79 Å². The molecule has 0 heterocycles. The lowest BCUT2D eigenvalue weighted by Crippen LogP contribution is -2.45. The second-order valence-electron chi connectivity index (χ2n) is 20.8. The molecule has 2 atom stereocenters. The van der Waals surface area contributed by atoms with E-state index in [0.29, 0.717) is 6.42 Å². The average Bonchev–Trinajstić information content (AvgIpc) is 3.34. The van der Waals surface area contributed by atoms with Gasteiger partial charge in [0.05, 0.1) is 18.8 Å². The molecule has 0 aliphatic rings. The van der Waals surface area contributed by atoms with Crippen molar-refractivity contribution in [2.45, 2.75) is 334 Å². The number of unbranched alkanes of at least 4 members (excludes halogenated alkanes) is 41. The van der Waals surface area contributed by atoms with E-state index in [1.54, 1.807) is 6.08 Å². The summed E-state index contributed by atoms with van der Waals surface area (Å²) in [6.07, 6.45) is 84.1. The number of hydrogen-bond acceptors (Lipinski definition) is 3. The van der Waals surface area contributed by atoms with Gasteiger partial charge in [-0.05, 0) is 70.6 Å². The average molecular weight is 951 g/mol. The van der Waals surface area contributed by atoms with Gasteiger partial charge in [-0.15, -0.1) is 0 Å². The van der Waals surface area contributed by atoms with Crippen LogP contribution >= 0.6 is 0 Å². The van der Waals surface area contributed by atoms with Gasteiger partial charge in [0.2, 0.25) is 5.91 Å². The largest absolute Gasteiger partial charge is 0.394 e. The molecular weight excluding hydrogens is 831 g/mol. The standard InChI is InChI=1S/C64H119NO3/c1-3-5-7-9-11-13-15-17-19-21-23-24-25-26-27-28-29-30-31-32-33-34-35-36-37-38-39-40-42-44-46-48-50-52-54-56-58-60-64(68)65-62(61-66)63(67)59-57-55-53-51-49-47-45-43-41-22-20-18-16-14-12-10-8-6-4-2/h15,17,21,23,25-26,49,51,57,59,62-63,66-67H,3-14,16,18-20,22,24,27-48,50,52-56,58,60-61H2,1-2H3,(H,65,68)/b17-15-,23-21-,26-25-,51-49+,59-57+. The molecule has 0 aliphatic heterocycles. The Morgan fingerprint density at radius 1 is 0.353 bits per heavy atom. The van der Waals surface area contributed by atoms with Crippen molar-refractivity contribution in [2.75, 3.05) is 6.61 Å². The Morgan fingerprint density at radius 2 is 0.618 bits per heavy atom. The van der Waals surface area contributed by atoms with Gasteiger partial charge in [0.1, 0.15) is 0 Å². The number of rotatable bonds is 56. The highest BCUT2D eigenvalue weighted by Gasteiger charge is 2.18. The van der Waals surface area contributed by atoms with E-state index in [1.165, 1.54) is 257 Å². The van der Waals surface area contributed by atoms with Crippen LogP contribution in [0.2, 0.25) is 0 Å². The molecule has 0 aromatic rings. The van der Waals surface area contributed by atoms with Crippen molar-refractivity contribution < 1.29 is 15.0 Å². The maximum Gasteiger partial charge on any atom is 0.220 e. The van der Waals surface area contributed by atoms with Crippen LogP contribution in [0.4, 0.5) is 0 Å². The van der Waals surface area contributed by atoms with Gasteiger partial charge in [0.25, 0.3) is 0 Å². The van der Waals surface area contributed by atoms with Gasteiger partial charge in [-0.1, -0.05) is 306 Å². The molecule has 398 valence electrons. The summed E-state index contributed by atoms with van der Waals surface area (Å²) in [5, 5.41) is 23.2. The number of aliphatic hydroxyl groups is 2. The molecule has 0 aromatic carbocycles. The van der Waals surface area contributed by atoms with Crippen molar-refractivity contribution in [3.63, 3.8) is 0 Å². The van der Waals surface area contributed by atoms with Crippen LogP contribution < -0.4 is 5.32 Å². The molecule has 4 nitrogen and oxygen atoms in total. The summed E-state index contributed by atoms with van der Waals surface area (Å²) in [4.78, 5) is 12.5. The highest BCUT2D eigenvalue weighted by atomic mass is 16.3. The van der Waals surface area contributed by atoms with E-state index in [1.807, 2.05) is 6.08 Å². The summed E-state index contributed by atoms with van der Waals surface area (Å²) in [5.41, 5.74) is 0. The minimum absolute atomic E-state index is 0.0694. The maximum atomic E-state index is 12.5. The summed E-state index contributed by atoms with van der Waals surface area (Å²) in [6, 6.07) is -0.639. The third-order valence-corrected chi connectivity index (χ3v) is 14.0. The topological polar surface area (TPSA) is 69.6 Å². The van der Waals surface area contributed by atoms with Crippen molar-refractivity contribution in [1.82, 2.24) is 5.32 Å². The van der Waals surface area contributed by atoms with Crippen LogP contribution in [0.3, 0.4) is 0 Å². The Kier molecular flexibility index (Phi) is 57.7. The lowest BCUT2D eigenvalue weighted by Gasteiger charge is -2.19. The molecule has 0 saturated heterocycles. The predicted molar refractivity (Wildman–Crippen MR) is 304 cm³/mol. The molecule has 0 aromatic heterocycles. The predicted octanol–water partition coefficient (Wildman–Crippen LogP) is 20.4. The zero-order chi connectivity index (χ0) is 49.2. The first kappa shape index (κ1) is 66.1. The van der Waals surface area contributed by atoms with Gasteiger partial charge < -0.3 is 15.5 Å². The van der Waals surface area contributed by atoms with E-state index >= 15 is 0 Å². The van der Waals surface area contributed by atoms with Gasteiger partial charge in [0.15, 0.2) is 0 Å². The third-order valence-electron chi connectivity index (χ3n) is 14.0. The van der Waals surface area contributed by atoms with Crippen molar-refractivity contribution in [3.8, 4) is 0 Å². The minimum atomic E-state index is -0.863. The van der Waals surface area contributed by atoms with Crippen molar-refractivity contribution in [3.05, 3.63) is 60.8 Å². The van der Waals surface area contributed by atoms with E-state index in [9.17, 15) is 15.0 Å². The molecule has 68 heavy (non-hydrogen) atoms. The minimum Gasteiger partial charge on any atom is -0.394 e. The molecule has 0 spiro atoms. The number of hydrogen-bond donors (Lipinski definition) is 3. The normalized spacial score (nSPS) is 13.2. The van der Waals surface area contributed by atoms with Gasteiger partial charge in [-0.3, -0.25) is 4.79 Å². The molecule has 0 rings (SSSR count). The smallest absolute Gasteiger partial charge is 0.220 e. The molecule has 0 bridgehead atoms. The second kappa shape index (κ2) is 59.4. The Labute approximate surface area is 426 Å². The molecule has 3 N–H and O–H groups in total. The van der Waals surface area contributed by atoms with Crippen LogP contribution in [0.15, 0.2) is 60.8 Å². The fraction of sp³-hybridized carbons (Fsp3) is 0.828. The van der Waals surface area contributed by atoms with E-state index in [0.717, 1.165) is 44.9 Å². The van der Waals surface area contributed by atoms with Crippen LogP contribution in [0.5, 0.6) is 0 Å². The van der Waals surface area contributed by atoms with Crippen LogP contribution in [0.25, 0.3) is 0 Å². The summed E-state index contributed by atoms with van der Waals surface area (Å²) < 4.78 is 0. The van der Waals surface area contributed by atoms with Crippen molar-refractivity contribution in [2.24, 2.45) is 0 Å². The van der Waals surface area contributed by atoms with Crippen LogP contribution in [0, 0.1) is 0 Å². The van der Waals surface area contributed by atoms with Crippen molar-refractivity contribution >= 4 is 5.91 Å². The molecule has 0 aliphatic carbocycles. The monoisotopic (exact) mass is 950 g/mol. The highest BCUT2D eigenvalue weighted by molar-refractivity contribution is 5.76. The van der Waals surface area contributed by atoms with Gasteiger partial charge >= 0.3 is 0 Å². The molecule has 0 fully saturated rings. The van der Waals surface area contributed by atoms with Gasteiger partial charge in [-0.25, -0.2) is 0 Å². The fourth-order valence-corrected chi connectivity index (χ4v) is 9.32. The molecule has 1 amide bonds. The SMILES string of the molecule is CCCCCCC/C=C\C/C=C\C/C=C\CCCCCCCCCCCCCCCCCCCCCCCCC(=O)NC(CO)C(O)/C=C/CC/C=C/CCCCCCCCCCCCCCC. The van der Waals surface area contributed by atoms with Crippen LogP contribution in [0.1, 0.15) is 322 Å². The first-order valence-electron chi connectivity index (χ1n) is 30.5. The summed E-state index contributed by atoms with van der Waals surface area (Å²) in [6.45, 7) is 4.31. The number of aliphatic hydroxyl groups excluding tert-OH is 2. The van der Waals surface area contributed by atoms with E-state index in [4.69, 9.17) is 0 Å². The zero-order valence-corrected chi connectivity index (χ0v) is 45.9. The molecular formula is C64H119NO3. The second-order valence-corrected chi connectivity index (χ2v) is 20.8. The zero-order valence-electron chi connectivity index (χ0n) is 45.9. The first-order valence-corrected chi connectivity index (χ1v) is 30.5. The summed E-state index contributed by atoms with van der Waals surface area (Å²) in [5.74, 6) is -0.0694. The number of amides is 1. The highest BCUT2D eigenvalue weighted by Crippen LogP contribution is 2.17. The van der Waals surface area contributed by atoms with Gasteiger partial charge in [0, 0.05) is 6.42 Å². The third kappa shape index (κ3) is 55.0. The Balaban J connectivity index is 3.46. The molecule has 0 saturated carbocycles. The van der Waals surface area contributed by atoms with E-state index < -0.39 is 12.1 Å². The lowest BCUT2D eigenvalue weighted by molar-refractivity contribution is -0.123. The van der Waals surface area contributed by atoms with E-state index in [2.05, 4.69) is 67.8 Å². The Morgan fingerprint density at radius 3 is 0.956 bits per heavy atom. The van der Waals surface area contributed by atoms with Gasteiger partial charge in [-0.2, -0.15) is 0 Å². The number of carbonyl (C=O) groups is 1. The van der Waals surface area contributed by atoms with E-state index in [-0.39, 0.29) is 12.5 Å². The first-order chi connectivity index (χ1) is 33.7. The quantitative estimate of drug-likeness (QED) is 0.0420. The summed E-state index contributed by atoms with van der Waals surface area (Å²) >= 11 is 0. The summed E-state index contributed by atoms with van der Waals surface area (Å²) in [7, 11) is 0. The van der Waals surface area contributed by atoms with Crippen molar-refractivity contribution in [1.29, 1.82) is 0 Å². The maximum absolute atomic E-state index is 12.5. The fourth-order valence-electron chi connectivity index (χ4n) is 9.32. The molecule has 2 unspecified atom stereocenters. The number of carbonyl (C=O) groups excluding carboxylic acids is 1. The Hall–Kier alpha value is -1.91. The van der Waals surface area contributed by atoms with Crippen LogP contribution in [-0.4, -0.2) is 34.9 Å². The molecule has 0 radical (unpaired) electrons. The molecule has 4 heteroatoms.